The van der Waals surface area contributed by atoms with Crippen molar-refractivity contribution in [1.82, 2.24) is 9.80 Å². The van der Waals surface area contributed by atoms with E-state index in [2.05, 4.69) is 46.3 Å². The van der Waals surface area contributed by atoms with Crippen LogP contribution >= 0.6 is 0 Å². The van der Waals surface area contributed by atoms with Crippen LogP contribution in [0.3, 0.4) is 0 Å². The molecule has 2 heterocycles. The molecule has 1 unspecified atom stereocenters. The van der Waals surface area contributed by atoms with Gasteiger partial charge in [0.1, 0.15) is 15.7 Å². The van der Waals surface area contributed by atoms with Crippen LogP contribution in [0.25, 0.3) is 0 Å². The summed E-state index contributed by atoms with van der Waals surface area (Å²) >= 11 is 0. The molecule has 2 nitrogen and oxygen atoms in total. The second kappa shape index (κ2) is 5.20. The van der Waals surface area contributed by atoms with Crippen molar-refractivity contribution in [2.45, 2.75) is 64.4 Å². The van der Waals surface area contributed by atoms with Crippen molar-refractivity contribution < 1.29 is 0 Å². The fourth-order valence-electron chi connectivity index (χ4n) is 3.44. The van der Waals surface area contributed by atoms with Gasteiger partial charge in [-0.15, -0.1) is 0 Å². The minimum atomic E-state index is 0.278. The molecule has 0 aliphatic carbocycles. The Morgan fingerprint density at radius 2 is 1.56 bits per heavy atom. The Morgan fingerprint density at radius 1 is 0.889 bits per heavy atom. The molecule has 0 N–H and O–H groups in total. The maximum absolute atomic E-state index is 2.81. The maximum Gasteiger partial charge on any atom is 0.117 e. The molecule has 2 aliphatic heterocycles. The quantitative estimate of drug-likeness (QED) is 0.635. The van der Waals surface area contributed by atoms with Crippen LogP contribution in [0.5, 0.6) is 0 Å². The zero-order valence-corrected chi connectivity index (χ0v) is 13.1. The second-order valence-electron chi connectivity index (χ2n) is 7.72. The zero-order valence-electron chi connectivity index (χ0n) is 13.1. The SMILES string of the molecule is BC(B)(N1CCCN2CCCCCC21)C(C)(C)C. The lowest BCUT2D eigenvalue weighted by molar-refractivity contribution is -0.0414. The van der Waals surface area contributed by atoms with Crippen LogP contribution < -0.4 is 0 Å². The van der Waals surface area contributed by atoms with Crippen LogP contribution in [-0.2, 0) is 0 Å². The van der Waals surface area contributed by atoms with Crippen LogP contribution in [0.4, 0.5) is 0 Å². The molecule has 0 aromatic rings. The van der Waals surface area contributed by atoms with Crippen molar-refractivity contribution in [2.75, 3.05) is 19.6 Å². The first kappa shape index (κ1) is 14.5. The predicted octanol–water partition coefficient (Wildman–Crippen LogP) is 0.860. The largest absolute Gasteiger partial charge is 0.297 e. The first-order valence-electron chi connectivity index (χ1n) is 7.85. The molecule has 18 heavy (non-hydrogen) atoms. The van der Waals surface area contributed by atoms with E-state index in [4.69, 9.17) is 0 Å². The van der Waals surface area contributed by atoms with Gasteiger partial charge in [-0.3, -0.25) is 9.80 Å². The van der Waals surface area contributed by atoms with Crippen molar-refractivity contribution in [3.8, 4) is 0 Å². The smallest absolute Gasteiger partial charge is 0.117 e. The van der Waals surface area contributed by atoms with Gasteiger partial charge in [-0.1, -0.05) is 33.6 Å². The Morgan fingerprint density at radius 3 is 2.22 bits per heavy atom. The number of rotatable bonds is 1. The van der Waals surface area contributed by atoms with E-state index in [1.165, 1.54) is 51.7 Å². The summed E-state index contributed by atoms with van der Waals surface area (Å²) in [6.07, 6.45) is 7.67. The van der Waals surface area contributed by atoms with Crippen LogP contribution in [0.2, 0.25) is 0 Å². The second-order valence-corrected chi connectivity index (χ2v) is 7.72. The Hall–Kier alpha value is 0.0499. The topological polar surface area (TPSA) is 6.48 Å². The molecule has 2 rings (SSSR count). The first-order valence-corrected chi connectivity index (χ1v) is 7.85. The van der Waals surface area contributed by atoms with Gasteiger partial charge in [-0.2, -0.15) is 0 Å². The van der Waals surface area contributed by atoms with Gasteiger partial charge in [-0.05, 0) is 43.1 Å². The van der Waals surface area contributed by atoms with Gasteiger partial charge in [0.2, 0.25) is 0 Å². The molecule has 0 radical (unpaired) electrons. The Balaban J connectivity index is 2.20. The summed E-state index contributed by atoms with van der Waals surface area (Å²) in [6, 6.07) is 0. The van der Waals surface area contributed by atoms with Crippen LogP contribution in [0, 0.1) is 5.41 Å². The first-order chi connectivity index (χ1) is 8.34. The lowest BCUT2D eigenvalue weighted by atomic mass is 9.48. The molecule has 2 fully saturated rings. The Labute approximate surface area is 115 Å². The monoisotopic (exact) mass is 248 g/mol. The van der Waals surface area contributed by atoms with Gasteiger partial charge in [-0.25, -0.2) is 0 Å². The normalized spacial score (nSPS) is 28.7. The Kier molecular flexibility index (Phi) is 4.18. The van der Waals surface area contributed by atoms with E-state index in [0.29, 0.717) is 11.6 Å². The highest BCUT2D eigenvalue weighted by Gasteiger charge is 2.43. The van der Waals surface area contributed by atoms with E-state index in [0.717, 1.165) is 0 Å². The van der Waals surface area contributed by atoms with Crippen LogP contribution in [0.1, 0.15) is 52.9 Å². The molecule has 0 aromatic heterocycles. The van der Waals surface area contributed by atoms with E-state index >= 15 is 0 Å². The third-order valence-electron chi connectivity index (χ3n) is 5.59. The van der Waals surface area contributed by atoms with Gasteiger partial charge in [0.05, 0.1) is 6.17 Å². The van der Waals surface area contributed by atoms with Crippen molar-refractivity contribution in [1.29, 1.82) is 0 Å². The zero-order chi connectivity index (χ0) is 13.4. The molecule has 2 aliphatic rings. The highest BCUT2D eigenvalue weighted by atomic mass is 15.4. The molecule has 0 amide bonds. The van der Waals surface area contributed by atoms with Crippen LogP contribution in [-0.4, -0.2) is 56.6 Å². The summed E-state index contributed by atoms with van der Waals surface area (Å²) < 4.78 is 0. The van der Waals surface area contributed by atoms with Crippen molar-refractivity contribution >= 4 is 15.7 Å². The number of fused-ring (bicyclic) bond motifs is 1. The number of nitrogens with zero attached hydrogens (tertiary/aromatic N) is 2. The molecule has 0 bridgehead atoms. The molecular formula is C14H30B2N2. The lowest BCUT2D eigenvalue weighted by Gasteiger charge is -2.56. The lowest BCUT2D eigenvalue weighted by Crippen LogP contribution is -2.67. The van der Waals surface area contributed by atoms with E-state index in [-0.39, 0.29) is 5.34 Å². The summed E-state index contributed by atoms with van der Waals surface area (Å²) in [5, 5.41) is 0.278. The highest BCUT2D eigenvalue weighted by Crippen LogP contribution is 2.36. The van der Waals surface area contributed by atoms with E-state index in [1.807, 2.05) is 0 Å². The van der Waals surface area contributed by atoms with Gasteiger partial charge >= 0.3 is 0 Å². The summed E-state index contributed by atoms with van der Waals surface area (Å²) in [5.41, 5.74) is 0.336. The summed E-state index contributed by atoms with van der Waals surface area (Å²) in [7, 11) is 4.89. The van der Waals surface area contributed by atoms with Crippen molar-refractivity contribution in [2.24, 2.45) is 5.41 Å². The van der Waals surface area contributed by atoms with Gasteiger partial charge in [0, 0.05) is 6.54 Å². The average molecular weight is 248 g/mol. The van der Waals surface area contributed by atoms with E-state index < -0.39 is 0 Å². The maximum atomic E-state index is 2.81. The molecule has 102 valence electrons. The minimum absolute atomic E-state index is 0.278. The van der Waals surface area contributed by atoms with Gasteiger partial charge < -0.3 is 0 Å². The van der Waals surface area contributed by atoms with E-state index in [9.17, 15) is 0 Å². The standard InChI is InChI=1S/C14H30B2N2/c1-13(2,3)14(15,16)18-11-7-10-17-9-6-4-5-8-12(17)18/h12H,4-11,15-16H2,1-3H3. The molecule has 0 saturated carbocycles. The molecular weight excluding hydrogens is 218 g/mol. The summed E-state index contributed by atoms with van der Waals surface area (Å²) in [6.45, 7) is 11.1. The number of hydrogen-bond donors (Lipinski definition) is 0. The third kappa shape index (κ3) is 2.65. The van der Waals surface area contributed by atoms with Crippen molar-refractivity contribution in [3.05, 3.63) is 0 Å². The molecule has 1 atom stereocenters. The van der Waals surface area contributed by atoms with Crippen LogP contribution in [0.15, 0.2) is 0 Å². The summed E-state index contributed by atoms with van der Waals surface area (Å²) in [5.74, 6) is 0. The third-order valence-corrected chi connectivity index (χ3v) is 5.59. The van der Waals surface area contributed by atoms with Gasteiger partial charge in [0.15, 0.2) is 0 Å². The van der Waals surface area contributed by atoms with Gasteiger partial charge in [0.25, 0.3) is 0 Å². The number of hydrogen-bond acceptors (Lipinski definition) is 2. The molecule has 0 aromatic carbocycles. The average Bonchev–Trinajstić information content (AvgIpc) is 2.51. The molecule has 4 heteroatoms. The highest BCUT2D eigenvalue weighted by molar-refractivity contribution is 6.40. The van der Waals surface area contributed by atoms with E-state index in [1.54, 1.807) is 0 Å². The van der Waals surface area contributed by atoms with Crippen molar-refractivity contribution in [3.63, 3.8) is 0 Å². The summed E-state index contributed by atoms with van der Waals surface area (Å²) in [4.78, 5) is 5.56. The Bertz CT molecular complexity index is 286. The fraction of sp³-hybridized carbons (Fsp3) is 1.00. The minimum Gasteiger partial charge on any atom is -0.297 e. The molecule has 2 saturated heterocycles. The fourth-order valence-corrected chi connectivity index (χ4v) is 3.44. The predicted molar refractivity (Wildman–Crippen MR) is 84.4 cm³/mol. The molecule has 0 spiro atoms.